The van der Waals surface area contributed by atoms with Crippen molar-refractivity contribution >= 4 is 15.7 Å². The summed E-state index contributed by atoms with van der Waals surface area (Å²) in [6, 6.07) is 1.63. The van der Waals surface area contributed by atoms with Crippen LogP contribution in [0.2, 0.25) is 0 Å². The summed E-state index contributed by atoms with van der Waals surface area (Å²) in [6.07, 6.45) is 4.63. The van der Waals surface area contributed by atoms with Gasteiger partial charge in [0.15, 0.2) is 0 Å². The van der Waals surface area contributed by atoms with Crippen LogP contribution in [0.15, 0.2) is 23.4 Å². The Balaban J connectivity index is 2.41. The van der Waals surface area contributed by atoms with Gasteiger partial charge in [-0.05, 0) is 18.9 Å². The fraction of sp³-hybridized carbons (Fsp3) is 0.444. The van der Waals surface area contributed by atoms with E-state index in [1.165, 1.54) is 22.8 Å². The van der Waals surface area contributed by atoms with Gasteiger partial charge in [-0.1, -0.05) is 0 Å². The first-order valence-corrected chi connectivity index (χ1v) is 6.15. The van der Waals surface area contributed by atoms with Crippen LogP contribution >= 0.6 is 0 Å². The summed E-state index contributed by atoms with van der Waals surface area (Å²) in [4.78, 5) is 3.88. The topological polar surface area (TPSA) is 76.3 Å². The molecular formula is C9H13N3O2S. The Bertz CT molecular complexity index is 468. The number of pyridine rings is 1. The van der Waals surface area contributed by atoms with Gasteiger partial charge in [-0.15, -0.1) is 0 Å². The molecular weight excluding hydrogens is 214 g/mol. The molecule has 1 aromatic rings. The van der Waals surface area contributed by atoms with E-state index in [-0.39, 0.29) is 16.6 Å². The normalized spacial score (nSPS) is 16.9. The van der Waals surface area contributed by atoms with E-state index in [0.717, 1.165) is 12.8 Å². The summed E-state index contributed by atoms with van der Waals surface area (Å²) in [5, 5.41) is 0. The summed E-state index contributed by atoms with van der Waals surface area (Å²) < 4.78 is 25.5. The van der Waals surface area contributed by atoms with Crippen molar-refractivity contribution in [2.45, 2.75) is 23.8 Å². The minimum Gasteiger partial charge on any atom is -0.398 e. The van der Waals surface area contributed by atoms with Gasteiger partial charge in [0.05, 0.1) is 5.69 Å². The molecule has 0 unspecified atom stereocenters. The molecule has 1 heterocycles. The van der Waals surface area contributed by atoms with Crippen molar-refractivity contribution in [3.05, 3.63) is 18.5 Å². The van der Waals surface area contributed by atoms with Gasteiger partial charge in [-0.3, -0.25) is 4.98 Å². The van der Waals surface area contributed by atoms with Crippen LogP contribution in [0.1, 0.15) is 12.8 Å². The molecule has 0 atom stereocenters. The molecule has 2 rings (SSSR count). The summed E-state index contributed by atoms with van der Waals surface area (Å²) >= 11 is 0. The Labute approximate surface area is 89.0 Å². The maximum absolute atomic E-state index is 12.0. The SMILES string of the molecule is CN(C1CC1)S(=O)(=O)c1cnccc1N. The van der Waals surface area contributed by atoms with Crippen LogP contribution in [0.3, 0.4) is 0 Å². The van der Waals surface area contributed by atoms with E-state index in [4.69, 9.17) is 5.73 Å². The number of anilines is 1. The fourth-order valence-electron chi connectivity index (χ4n) is 1.40. The minimum absolute atomic E-state index is 0.0967. The Hall–Kier alpha value is -1.14. The molecule has 0 amide bonds. The standard InChI is InChI=1S/C9H13N3O2S/c1-12(7-2-3-7)15(13,14)9-6-11-5-4-8(9)10/h4-7H,2-3H2,1H3,(H2,10,11). The molecule has 1 aliphatic carbocycles. The van der Waals surface area contributed by atoms with Gasteiger partial charge in [0.2, 0.25) is 10.0 Å². The van der Waals surface area contributed by atoms with Gasteiger partial charge in [0, 0.05) is 25.5 Å². The Morgan fingerprint density at radius 3 is 2.73 bits per heavy atom. The molecule has 1 aliphatic rings. The highest BCUT2D eigenvalue weighted by Crippen LogP contribution is 2.31. The van der Waals surface area contributed by atoms with Crippen LogP contribution in [-0.2, 0) is 10.0 Å². The smallest absolute Gasteiger partial charge is 0.246 e. The van der Waals surface area contributed by atoms with Crippen LogP contribution in [0, 0.1) is 0 Å². The highest BCUT2D eigenvalue weighted by Gasteiger charge is 2.35. The third-order valence-electron chi connectivity index (χ3n) is 2.53. The molecule has 0 bridgehead atoms. The molecule has 0 saturated heterocycles. The summed E-state index contributed by atoms with van der Waals surface area (Å²) in [6.45, 7) is 0. The van der Waals surface area contributed by atoms with E-state index in [0.29, 0.717) is 0 Å². The van der Waals surface area contributed by atoms with Crippen molar-refractivity contribution in [2.24, 2.45) is 0 Å². The van der Waals surface area contributed by atoms with Crippen molar-refractivity contribution in [1.29, 1.82) is 0 Å². The van der Waals surface area contributed by atoms with E-state index < -0.39 is 10.0 Å². The molecule has 0 aromatic carbocycles. The molecule has 0 radical (unpaired) electrons. The molecule has 15 heavy (non-hydrogen) atoms. The first-order valence-electron chi connectivity index (χ1n) is 4.71. The summed E-state index contributed by atoms with van der Waals surface area (Å²) in [7, 11) is -1.88. The molecule has 0 aliphatic heterocycles. The first kappa shape index (κ1) is 10.4. The molecule has 1 fully saturated rings. The maximum Gasteiger partial charge on any atom is 0.246 e. The maximum atomic E-state index is 12.0. The predicted molar refractivity (Wildman–Crippen MR) is 56.6 cm³/mol. The van der Waals surface area contributed by atoms with Crippen molar-refractivity contribution in [3.8, 4) is 0 Å². The molecule has 5 nitrogen and oxygen atoms in total. The highest BCUT2D eigenvalue weighted by atomic mass is 32.2. The number of hydrogen-bond donors (Lipinski definition) is 1. The van der Waals surface area contributed by atoms with E-state index in [1.807, 2.05) is 0 Å². The van der Waals surface area contributed by atoms with E-state index >= 15 is 0 Å². The molecule has 82 valence electrons. The van der Waals surface area contributed by atoms with Gasteiger partial charge in [0.1, 0.15) is 4.90 Å². The van der Waals surface area contributed by atoms with Crippen molar-refractivity contribution in [3.63, 3.8) is 0 Å². The van der Waals surface area contributed by atoms with Gasteiger partial charge in [-0.2, -0.15) is 4.31 Å². The third-order valence-corrected chi connectivity index (χ3v) is 4.49. The van der Waals surface area contributed by atoms with Crippen LogP contribution in [0.5, 0.6) is 0 Å². The van der Waals surface area contributed by atoms with Crippen LogP contribution in [0.25, 0.3) is 0 Å². The van der Waals surface area contributed by atoms with Crippen molar-refractivity contribution < 1.29 is 8.42 Å². The van der Waals surface area contributed by atoms with E-state index in [2.05, 4.69) is 4.98 Å². The first-order chi connectivity index (χ1) is 7.03. The van der Waals surface area contributed by atoms with Crippen LogP contribution in [0.4, 0.5) is 5.69 Å². The van der Waals surface area contributed by atoms with Crippen molar-refractivity contribution in [1.82, 2.24) is 9.29 Å². The average Bonchev–Trinajstić information content (AvgIpc) is 3.00. The Kier molecular flexibility index (Phi) is 2.40. The zero-order chi connectivity index (χ0) is 11.1. The highest BCUT2D eigenvalue weighted by molar-refractivity contribution is 7.89. The number of rotatable bonds is 3. The molecule has 6 heteroatoms. The lowest BCUT2D eigenvalue weighted by Gasteiger charge is -2.16. The number of nitrogens with two attached hydrogens (primary N) is 1. The van der Waals surface area contributed by atoms with Crippen LogP contribution < -0.4 is 5.73 Å². The largest absolute Gasteiger partial charge is 0.398 e. The number of sulfonamides is 1. The second kappa shape index (κ2) is 3.46. The Morgan fingerprint density at radius 1 is 1.53 bits per heavy atom. The molecule has 1 saturated carbocycles. The molecule has 2 N–H and O–H groups in total. The van der Waals surface area contributed by atoms with E-state index in [1.54, 1.807) is 7.05 Å². The number of nitrogens with zero attached hydrogens (tertiary/aromatic N) is 2. The second-order valence-electron chi connectivity index (χ2n) is 3.67. The monoisotopic (exact) mass is 227 g/mol. The number of aromatic nitrogens is 1. The predicted octanol–water partition coefficient (Wildman–Crippen LogP) is 0.447. The van der Waals surface area contributed by atoms with Gasteiger partial charge in [-0.25, -0.2) is 8.42 Å². The second-order valence-corrected chi connectivity index (χ2v) is 5.63. The van der Waals surface area contributed by atoms with Gasteiger partial charge in [0.25, 0.3) is 0 Å². The zero-order valence-electron chi connectivity index (χ0n) is 8.42. The van der Waals surface area contributed by atoms with Crippen molar-refractivity contribution in [2.75, 3.05) is 12.8 Å². The molecule has 1 aromatic heterocycles. The number of hydrogen-bond acceptors (Lipinski definition) is 4. The summed E-state index contributed by atoms with van der Waals surface area (Å²) in [5.41, 5.74) is 5.87. The van der Waals surface area contributed by atoms with Crippen LogP contribution in [-0.4, -0.2) is 30.8 Å². The third kappa shape index (κ3) is 1.82. The quantitative estimate of drug-likeness (QED) is 0.813. The van der Waals surface area contributed by atoms with E-state index in [9.17, 15) is 8.42 Å². The average molecular weight is 227 g/mol. The Morgan fingerprint density at radius 2 is 2.20 bits per heavy atom. The lowest BCUT2D eigenvalue weighted by Crippen LogP contribution is -2.29. The lowest BCUT2D eigenvalue weighted by molar-refractivity contribution is 0.464. The summed E-state index contributed by atoms with van der Waals surface area (Å²) in [5.74, 6) is 0. The zero-order valence-corrected chi connectivity index (χ0v) is 9.24. The fourth-order valence-corrected chi connectivity index (χ4v) is 2.87. The lowest BCUT2D eigenvalue weighted by atomic mass is 10.4. The van der Waals surface area contributed by atoms with Gasteiger partial charge >= 0.3 is 0 Å². The number of nitrogen functional groups attached to an aromatic ring is 1. The minimum atomic E-state index is -3.46. The van der Waals surface area contributed by atoms with Gasteiger partial charge < -0.3 is 5.73 Å². The molecule has 0 spiro atoms.